The van der Waals surface area contributed by atoms with Gasteiger partial charge in [0.25, 0.3) is 0 Å². The van der Waals surface area contributed by atoms with Crippen LogP contribution in [0.15, 0.2) is 18.2 Å². The summed E-state index contributed by atoms with van der Waals surface area (Å²) in [5, 5.41) is 9.36. The second-order valence-electron chi connectivity index (χ2n) is 3.63. The summed E-state index contributed by atoms with van der Waals surface area (Å²) in [6.45, 7) is 5.75. The van der Waals surface area contributed by atoms with Crippen molar-refractivity contribution in [1.82, 2.24) is 0 Å². The molecule has 2 atom stereocenters. The number of aliphatic hydroxyl groups excluding tert-OH is 1. The first-order chi connectivity index (χ1) is 6.02. The molecule has 0 spiro atoms. The molecule has 0 aliphatic heterocycles. The summed E-state index contributed by atoms with van der Waals surface area (Å²) in [4.78, 5) is 0. The van der Waals surface area contributed by atoms with Crippen LogP contribution in [-0.2, 0) is 0 Å². The lowest BCUT2D eigenvalue weighted by molar-refractivity contribution is 0.164. The van der Waals surface area contributed by atoms with Gasteiger partial charge in [0.05, 0.1) is 12.1 Å². The zero-order valence-electron chi connectivity index (χ0n) is 8.41. The molecular formula is C11H17NO. The second kappa shape index (κ2) is 3.90. The van der Waals surface area contributed by atoms with Crippen LogP contribution in [0, 0.1) is 13.8 Å². The number of aryl methyl sites for hydroxylation is 2. The smallest absolute Gasteiger partial charge is 0.0704 e. The highest BCUT2D eigenvalue weighted by molar-refractivity contribution is 5.33. The molecule has 1 rings (SSSR count). The topological polar surface area (TPSA) is 46.2 Å². The number of hydrogen-bond acceptors (Lipinski definition) is 2. The minimum absolute atomic E-state index is 0.278. The van der Waals surface area contributed by atoms with Crippen LogP contribution in [0.3, 0.4) is 0 Å². The van der Waals surface area contributed by atoms with Crippen LogP contribution in [0.5, 0.6) is 0 Å². The van der Waals surface area contributed by atoms with Gasteiger partial charge in [0, 0.05) is 0 Å². The zero-order valence-corrected chi connectivity index (χ0v) is 8.41. The zero-order chi connectivity index (χ0) is 10.0. The van der Waals surface area contributed by atoms with E-state index in [1.807, 2.05) is 32.0 Å². The fraction of sp³-hybridized carbons (Fsp3) is 0.455. The Morgan fingerprint density at radius 1 is 1.31 bits per heavy atom. The normalized spacial score (nSPS) is 15.5. The van der Waals surface area contributed by atoms with Crippen LogP contribution in [0.4, 0.5) is 0 Å². The molecule has 1 aromatic rings. The van der Waals surface area contributed by atoms with Gasteiger partial charge < -0.3 is 10.8 Å². The first kappa shape index (κ1) is 10.2. The van der Waals surface area contributed by atoms with Crippen molar-refractivity contribution in [2.24, 2.45) is 5.73 Å². The van der Waals surface area contributed by atoms with Gasteiger partial charge in [-0.15, -0.1) is 0 Å². The average molecular weight is 179 g/mol. The lowest BCUT2D eigenvalue weighted by atomic mass is 9.97. The molecule has 1 aromatic carbocycles. The van der Waals surface area contributed by atoms with E-state index < -0.39 is 6.10 Å². The number of benzene rings is 1. The molecule has 0 aromatic heterocycles. The van der Waals surface area contributed by atoms with E-state index in [4.69, 9.17) is 5.73 Å². The van der Waals surface area contributed by atoms with Crippen LogP contribution < -0.4 is 5.73 Å². The molecule has 0 bridgehead atoms. The van der Waals surface area contributed by atoms with Gasteiger partial charge in [-0.05, 0) is 31.9 Å². The molecule has 0 aliphatic carbocycles. The lowest BCUT2D eigenvalue weighted by Gasteiger charge is -2.17. The third-order valence-electron chi connectivity index (χ3n) is 2.31. The standard InChI is InChI=1S/C11H17NO/c1-7-4-5-8(2)10(6-7)11(12)9(3)13/h4-6,9,11,13H,12H2,1-3H3/t9?,11-/m1/s1. The Bertz CT molecular complexity index is 294. The minimum atomic E-state index is -0.500. The predicted octanol–water partition coefficient (Wildman–Crippen LogP) is 1.68. The SMILES string of the molecule is Cc1ccc(C)c([C@H](N)C(C)O)c1. The van der Waals surface area contributed by atoms with Crippen LogP contribution in [0.2, 0.25) is 0 Å². The van der Waals surface area contributed by atoms with Gasteiger partial charge in [0.1, 0.15) is 0 Å². The number of nitrogens with two attached hydrogens (primary N) is 1. The molecule has 0 heterocycles. The van der Waals surface area contributed by atoms with Crippen molar-refractivity contribution in [3.8, 4) is 0 Å². The fourth-order valence-electron chi connectivity index (χ4n) is 1.38. The first-order valence-corrected chi connectivity index (χ1v) is 4.53. The van der Waals surface area contributed by atoms with E-state index in [0.29, 0.717) is 0 Å². The predicted molar refractivity (Wildman–Crippen MR) is 54.5 cm³/mol. The molecule has 2 nitrogen and oxygen atoms in total. The minimum Gasteiger partial charge on any atom is -0.391 e. The average Bonchev–Trinajstić information content (AvgIpc) is 2.08. The number of hydrogen-bond donors (Lipinski definition) is 2. The largest absolute Gasteiger partial charge is 0.391 e. The van der Waals surface area contributed by atoms with Gasteiger partial charge in [0.15, 0.2) is 0 Å². The van der Waals surface area contributed by atoms with Gasteiger partial charge in [0.2, 0.25) is 0 Å². The van der Waals surface area contributed by atoms with E-state index in [1.165, 1.54) is 5.56 Å². The molecule has 0 fully saturated rings. The van der Waals surface area contributed by atoms with Crippen molar-refractivity contribution in [3.63, 3.8) is 0 Å². The molecule has 0 saturated heterocycles. The molecule has 0 radical (unpaired) electrons. The molecule has 72 valence electrons. The van der Waals surface area contributed by atoms with Gasteiger partial charge in [-0.25, -0.2) is 0 Å². The maximum Gasteiger partial charge on any atom is 0.0704 e. The molecule has 0 aliphatic rings. The number of aliphatic hydroxyl groups is 1. The van der Waals surface area contributed by atoms with Crippen LogP contribution in [0.1, 0.15) is 29.7 Å². The van der Waals surface area contributed by atoms with Crippen molar-refractivity contribution in [2.75, 3.05) is 0 Å². The van der Waals surface area contributed by atoms with Gasteiger partial charge >= 0.3 is 0 Å². The molecular weight excluding hydrogens is 162 g/mol. The first-order valence-electron chi connectivity index (χ1n) is 4.53. The Hall–Kier alpha value is -0.860. The quantitative estimate of drug-likeness (QED) is 0.725. The maximum absolute atomic E-state index is 9.36. The highest BCUT2D eigenvalue weighted by Crippen LogP contribution is 2.19. The Labute approximate surface area is 79.4 Å². The lowest BCUT2D eigenvalue weighted by Crippen LogP contribution is -2.24. The van der Waals surface area contributed by atoms with E-state index in [9.17, 15) is 5.11 Å². The number of rotatable bonds is 2. The van der Waals surface area contributed by atoms with E-state index in [0.717, 1.165) is 11.1 Å². The second-order valence-corrected chi connectivity index (χ2v) is 3.63. The monoisotopic (exact) mass is 179 g/mol. The van der Waals surface area contributed by atoms with Crippen LogP contribution in [0.25, 0.3) is 0 Å². The Morgan fingerprint density at radius 2 is 1.92 bits per heavy atom. The molecule has 2 heteroatoms. The van der Waals surface area contributed by atoms with E-state index in [2.05, 4.69) is 0 Å². The van der Waals surface area contributed by atoms with Crippen molar-refractivity contribution >= 4 is 0 Å². The highest BCUT2D eigenvalue weighted by atomic mass is 16.3. The van der Waals surface area contributed by atoms with Crippen LogP contribution in [-0.4, -0.2) is 11.2 Å². The van der Waals surface area contributed by atoms with E-state index in [1.54, 1.807) is 6.92 Å². The third-order valence-corrected chi connectivity index (χ3v) is 2.31. The molecule has 0 amide bonds. The Balaban J connectivity index is 3.05. The molecule has 0 saturated carbocycles. The van der Waals surface area contributed by atoms with Gasteiger partial charge in [-0.3, -0.25) is 0 Å². The third kappa shape index (κ3) is 2.29. The van der Waals surface area contributed by atoms with Crippen molar-refractivity contribution in [3.05, 3.63) is 34.9 Å². The van der Waals surface area contributed by atoms with E-state index in [-0.39, 0.29) is 6.04 Å². The summed E-state index contributed by atoms with van der Waals surface area (Å²) in [5.74, 6) is 0. The summed E-state index contributed by atoms with van der Waals surface area (Å²) < 4.78 is 0. The van der Waals surface area contributed by atoms with Crippen molar-refractivity contribution < 1.29 is 5.11 Å². The van der Waals surface area contributed by atoms with E-state index >= 15 is 0 Å². The highest BCUT2D eigenvalue weighted by Gasteiger charge is 2.13. The van der Waals surface area contributed by atoms with Crippen molar-refractivity contribution in [2.45, 2.75) is 32.9 Å². The summed E-state index contributed by atoms with van der Waals surface area (Å²) in [6, 6.07) is 5.84. The van der Waals surface area contributed by atoms with Crippen molar-refractivity contribution in [1.29, 1.82) is 0 Å². The van der Waals surface area contributed by atoms with Gasteiger partial charge in [-0.2, -0.15) is 0 Å². The summed E-state index contributed by atoms with van der Waals surface area (Å²) in [5.41, 5.74) is 9.21. The van der Waals surface area contributed by atoms with Gasteiger partial charge in [-0.1, -0.05) is 23.8 Å². The molecule has 13 heavy (non-hydrogen) atoms. The fourth-order valence-corrected chi connectivity index (χ4v) is 1.38. The summed E-state index contributed by atoms with van der Waals surface area (Å²) >= 11 is 0. The Morgan fingerprint density at radius 3 is 2.46 bits per heavy atom. The van der Waals surface area contributed by atoms with Crippen LogP contribution >= 0.6 is 0 Å². The molecule has 1 unspecified atom stereocenters. The maximum atomic E-state index is 9.36. The summed E-state index contributed by atoms with van der Waals surface area (Å²) in [7, 11) is 0. The molecule has 3 N–H and O–H groups in total. The Kier molecular flexibility index (Phi) is 3.07. The summed E-state index contributed by atoms with van der Waals surface area (Å²) in [6.07, 6.45) is -0.500.